The Morgan fingerprint density at radius 1 is 1.27 bits per heavy atom. The molecule has 2 amide bonds. The number of rotatable bonds is 7. The van der Waals surface area contributed by atoms with Crippen LogP contribution < -0.4 is 10.6 Å². The molecule has 0 aliphatic carbocycles. The van der Waals surface area contributed by atoms with E-state index in [4.69, 9.17) is 4.52 Å². The third kappa shape index (κ3) is 4.41. The number of nitrogens with zero attached hydrogens (tertiary/aromatic N) is 2. The normalized spacial score (nSPS) is 10.2. The molecule has 0 aliphatic heterocycles. The van der Waals surface area contributed by atoms with Crippen molar-refractivity contribution in [2.75, 3.05) is 13.1 Å². The first-order valence-corrected chi connectivity index (χ1v) is 7.12. The molecule has 7 heteroatoms. The van der Waals surface area contributed by atoms with Crippen molar-refractivity contribution in [3.8, 4) is 11.3 Å². The van der Waals surface area contributed by atoms with Gasteiger partial charge in [0.2, 0.25) is 5.91 Å². The molecule has 7 nitrogen and oxygen atoms in total. The van der Waals surface area contributed by atoms with Crippen LogP contribution in [0.3, 0.4) is 0 Å². The maximum atomic E-state index is 11.9. The van der Waals surface area contributed by atoms with Crippen molar-refractivity contribution in [1.82, 2.24) is 20.8 Å². The number of nitrogens with one attached hydrogen (secondary N) is 2. The van der Waals surface area contributed by atoms with Gasteiger partial charge in [-0.25, -0.2) is 0 Å². The Balaban J connectivity index is 1.84. The topological polar surface area (TPSA) is 97.1 Å². The lowest BCUT2D eigenvalue weighted by molar-refractivity contribution is -0.120. The second-order valence-electron chi connectivity index (χ2n) is 4.67. The quantitative estimate of drug-likeness (QED) is 0.805. The predicted octanol–water partition coefficient (Wildman–Crippen LogP) is 1.38. The zero-order chi connectivity index (χ0) is 15.8. The molecule has 2 aromatic rings. The van der Waals surface area contributed by atoms with E-state index in [9.17, 15) is 9.59 Å². The second kappa shape index (κ2) is 7.92. The van der Waals surface area contributed by atoms with Gasteiger partial charge in [0.25, 0.3) is 5.91 Å². The summed E-state index contributed by atoms with van der Waals surface area (Å²) in [5, 5.41) is 9.10. The van der Waals surface area contributed by atoms with Gasteiger partial charge in [-0.2, -0.15) is 0 Å². The van der Waals surface area contributed by atoms with Crippen molar-refractivity contribution in [1.29, 1.82) is 0 Å². The molecule has 2 heterocycles. The average molecular weight is 302 g/mol. The first-order valence-electron chi connectivity index (χ1n) is 7.12. The highest BCUT2D eigenvalue weighted by molar-refractivity contribution is 5.93. The van der Waals surface area contributed by atoms with Gasteiger partial charge in [-0.3, -0.25) is 14.6 Å². The molecule has 0 radical (unpaired) electrons. The van der Waals surface area contributed by atoms with Crippen LogP contribution in [0.1, 0.15) is 30.3 Å². The van der Waals surface area contributed by atoms with E-state index in [-0.39, 0.29) is 30.5 Å². The van der Waals surface area contributed by atoms with Crippen molar-refractivity contribution >= 4 is 11.8 Å². The molecule has 0 unspecified atom stereocenters. The monoisotopic (exact) mass is 302 g/mol. The lowest BCUT2D eigenvalue weighted by atomic mass is 10.2. The highest BCUT2D eigenvalue weighted by Gasteiger charge is 2.13. The summed E-state index contributed by atoms with van der Waals surface area (Å²) in [6.45, 7) is 2.88. The van der Waals surface area contributed by atoms with E-state index in [0.29, 0.717) is 12.3 Å². The van der Waals surface area contributed by atoms with Crippen LogP contribution in [0.4, 0.5) is 0 Å². The fourth-order valence-electron chi connectivity index (χ4n) is 1.76. The van der Waals surface area contributed by atoms with E-state index >= 15 is 0 Å². The SMILES string of the molecule is CCCNC(=O)CCNC(=O)c1cc(-c2cccnc2)on1. The molecular weight excluding hydrogens is 284 g/mol. The molecule has 0 bridgehead atoms. The van der Waals surface area contributed by atoms with Crippen LogP contribution in [0.25, 0.3) is 11.3 Å². The molecule has 0 fully saturated rings. The Kier molecular flexibility index (Phi) is 5.65. The van der Waals surface area contributed by atoms with Gasteiger partial charge < -0.3 is 15.2 Å². The summed E-state index contributed by atoms with van der Waals surface area (Å²) < 4.78 is 5.12. The first kappa shape index (κ1) is 15.7. The third-order valence-electron chi connectivity index (χ3n) is 2.90. The summed E-state index contributed by atoms with van der Waals surface area (Å²) in [5.74, 6) is 0.0134. The van der Waals surface area contributed by atoms with E-state index in [2.05, 4.69) is 20.8 Å². The number of pyridine rings is 1. The number of carbonyl (C=O) groups excluding carboxylic acids is 2. The highest BCUT2D eigenvalue weighted by atomic mass is 16.5. The molecule has 0 saturated heterocycles. The Hall–Kier alpha value is -2.70. The Bertz CT molecular complexity index is 625. The summed E-state index contributed by atoms with van der Waals surface area (Å²) in [4.78, 5) is 27.3. The third-order valence-corrected chi connectivity index (χ3v) is 2.90. The summed E-state index contributed by atoms with van der Waals surface area (Å²) in [6.07, 6.45) is 4.39. The fourth-order valence-corrected chi connectivity index (χ4v) is 1.76. The van der Waals surface area contributed by atoms with Crippen molar-refractivity contribution in [2.45, 2.75) is 19.8 Å². The lowest BCUT2D eigenvalue weighted by Crippen LogP contribution is -2.31. The molecule has 0 atom stereocenters. The van der Waals surface area contributed by atoms with E-state index in [1.807, 2.05) is 13.0 Å². The number of amides is 2. The van der Waals surface area contributed by atoms with E-state index in [0.717, 1.165) is 12.0 Å². The number of carbonyl (C=O) groups is 2. The van der Waals surface area contributed by atoms with Gasteiger partial charge in [-0.1, -0.05) is 12.1 Å². The van der Waals surface area contributed by atoms with Gasteiger partial charge in [0.05, 0.1) is 0 Å². The number of hydrogen-bond donors (Lipinski definition) is 2. The minimum Gasteiger partial charge on any atom is -0.356 e. The summed E-state index contributed by atoms with van der Waals surface area (Å²) in [6, 6.07) is 5.13. The molecule has 0 aliphatic rings. The molecule has 0 aromatic carbocycles. The number of hydrogen-bond acceptors (Lipinski definition) is 5. The summed E-state index contributed by atoms with van der Waals surface area (Å²) in [5.41, 5.74) is 0.917. The van der Waals surface area contributed by atoms with Gasteiger partial charge in [-0.15, -0.1) is 0 Å². The Morgan fingerprint density at radius 3 is 2.86 bits per heavy atom. The van der Waals surface area contributed by atoms with Crippen molar-refractivity contribution in [3.63, 3.8) is 0 Å². The largest absolute Gasteiger partial charge is 0.356 e. The zero-order valence-corrected chi connectivity index (χ0v) is 12.3. The van der Waals surface area contributed by atoms with Gasteiger partial charge in [0, 0.05) is 43.5 Å². The predicted molar refractivity (Wildman–Crippen MR) is 80.0 cm³/mol. The van der Waals surface area contributed by atoms with Crippen LogP contribution >= 0.6 is 0 Å². The highest BCUT2D eigenvalue weighted by Crippen LogP contribution is 2.18. The Morgan fingerprint density at radius 2 is 2.14 bits per heavy atom. The zero-order valence-electron chi connectivity index (χ0n) is 12.3. The van der Waals surface area contributed by atoms with Crippen LogP contribution in [0.5, 0.6) is 0 Å². The Labute approximate surface area is 128 Å². The average Bonchev–Trinajstić information content (AvgIpc) is 3.04. The lowest BCUT2D eigenvalue weighted by Gasteiger charge is -2.04. The summed E-state index contributed by atoms with van der Waals surface area (Å²) >= 11 is 0. The minimum absolute atomic E-state index is 0.0849. The molecular formula is C15H18N4O3. The molecule has 0 saturated carbocycles. The van der Waals surface area contributed by atoms with Crippen LogP contribution in [0, 0.1) is 0 Å². The van der Waals surface area contributed by atoms with Crippen molar-refractivity contribution in [2.24, 2.45) is 0 Å². The van der Waals surface area contributed by atoms with Gasteiger partial charge in [0.1, 0.15) is 0 Å². The van der Waals surface area contributed by atoms with Gasteiger partial charge >= 0.3 is 0 Å². The molecule has 116 valence electrons. The summed E-state index contributed by atoms with van der Waals surface area (Å²) in [7, 11) is 0. The molecule has 2 N–H and O–H groups in total. The smallest absolute Gasteiger partial charge is 0.273 e. The molecule has 2 aromatic heterocycles. The van der Waals surface area contributed by atoms with Crippen LogP contribution in [0.2, 0.25) is 0 Å². The second-order valence-corrected chi connectivity index (χ2v) is 4.67. The fraction of sp³-hybridized carbons (Fsp3) is 0.333. The molecule has 2 rings (SSSR count). The van der Waals surface area contributed by atoms with Gasteiger partial charge in [0.15, 0.2) is 11.5 Å². The standard InChI is InChI=1S/C15H18N4O3/c1-2-6-17-14(20)5-8-18-15(21)12-9-13(22-19-12)11-4-3-7-16-10-11/h3-4,7,9-10H,2,5-6,8H2,1H3,(H,17,20)(H,18,21). The van der Waals surface area contributed by atoms with Crippen molar-refractivity contribution < 1.29 is 14.1 Å². The molecule has 22 heavy (non-hydrogen) atoms. The first-order chi connectivity index (χ1) is 10.7. The van der Waals surface area contributed by atoms with Crippen molar-refractivity contribution in [3.05, 3.63) is 36.3 Å². The maximum absolute atomic E-state index is 11.9. The van der Waals surface area contributed by atoms with E-state index < -0.39 is 0 Å². The van der Waals surface area contributed by atoms with Gasteiger partial charge in [-0.05, 0) is 18.6 Å². The molecule has 0 spiro atoms. The van der Waals surface area contributed by atoms with E-state index in [1.54, 1.807) is 24.5 Å². The van der Waals surface area contributed by atoms with Crippen LogP contribution in [-0.2, 0) is 4.79 Å². The van der Waals surface area contributed by atoms with Crippen LogP contribution in [0.15, 0.2) is 35.1 Å². The van der Waals surface area contributed by atoms with E-state index in [1.165, 1.54) is 0 Å². The number of aromatic nitrogens is 2. The minimum atomic E-state index is -0.373. The maximum Gasteiger partial charge on any atom is 0.273 e. The van der Waals surface area contributed by atoms with Crippen LogP contribution in [-0.4, -0.2) is 35.0 Å².